The predicted molar refractivity (Wildman–Crippen MR) is 88.4 cm³/mol. The van der Waals surface area contributed by atoms with Crippen molar-refractivity contribution < 1.29 is 14.7 Å². The molecule has 3 N–H and O–H groups in total. The summed E-state index contributed by atoms with van der Waals surface area (Å²) in [5, 5.41) is 15.2. The van der Waals surface area contributed by atoms with E-state index in [0.717, 1.165) is 12.1 Å². The van der Waals surface area contributed by atoms with Gasteiger partial charge in [0, 0.05) is 6.04 Å². The number of nitrogens with one attached hydrogen (secondary N) is 2. The highest BCUT2D eigenvalue weighted by Crippen LogP contribution is 2.35. The maximum Gasteiger partial charge on any atom is 0.322 e. The summed E-state index contributed by atoms with van der Waals surface area (Å²) in [6.07, 6.45) is 1.61. The molecule has 1 aromatic rings. The van der Waals surface area contributed by atoms with Gasteiger partial charge < -0.3 is 15.7 Å². The topological polar surface area (TPSA) is 81.7 Å². The molecule has 1 saturated carbocycles. The predicted octanol–water partition coefficient (Wildman–Crippen LogP) is 2.09. The molecule has 0 saturated heterocycles. The van der Waals surface area contributed by atoms with Crippen molar-refractivity contribution in [2.45, 2.75) is 51.3 Å². The number of para-hydroxylation sites is 2. The van der Waals surface area contributed by atoms with Crippen molar-refractivity contribution in [3.8, 4) is 0 Å². The summed E-state index contributed by atoms with van der Waals surface area (Å²) in [6, 6.07) is 6.52. The zero-order chi connectivity index (χ0) is 16.6. The summed E-state index contributed by atoms with van der Waals surface area (Å²) in [5.74, 6) is -0.108. The Morgan fingerprint density at radius 3 is 2.78 bits per heavy atom. The van der Waals surface area contributed by atoms with Crippen molar-refractivity contribution >= 4 is 23.3 Å². The molecule has 2 atom stereocenters. The molecule has 6 heteroatoms. The summed E-state index contributed by atoms with van der Waals surface area (Å²) in [6.45, 7) is 3.99. The van der Waals surface area contributed by atoms with E-state index in [1.165, 1.54) is 0 Å². The lowest BCUT2D eigenvalue weighted by Crippen LogP contribution is -2.59. The van der Waals surface area contributed by atoms with Crippen LogP contribution in [0.2, 0.25) is 0 Å². The van der Waals surface area contributed by atoms with Crippen LogP contribution in [0.15, 0.2) is 24.3 Å². The van der Waals surface area contributed by atoms with Gasteiger partial charge in [-0.1, -0.05) is 32.4 Å². The molecule has 2 aliphatic rings. The minimum atomic E-state index is -0.528. The molecule has 2 unspecified atom stereocenters. The zero-order valence-electron chi connectivity index (χ0n) is 13.5. The Morgan fingerprint density at radius 2 is 2.13 bits per heavy atom. The Labute approximate surface area is 135 Å². The lowest BCUT2D eigenvalue weighted by Gasteiger charge is -2.41. The van der Waals surface area contributed by atoms with Crippen LogP contribution in [0.4, 0.5) is 16.2 Å². The van der Waals surface area contributed by atoms with E-state index in [4.69, 9.17) is 0 Å². The quantitative estimate of drug-likeness (QED) is 0.798. The minimum Gasteiger partial charge on any atom is -0.393 e. The fourth-order valence-electron chi connectivity index (χ4n) is 3.18. The number of hydrogen-bond donors (Lipinski definition) is 3. The standard InChI is InChI=1S/C17H23N3O3/c1-3-10(2)15-16(22)19-13-6-4-5-7-14(13)20(15)17(23)18-11-8-12(21)9-11/h4-7,10-12,15,21H,3,8-9H2,1-2H3,(H,18,23)(H,19,22). The molecule has 3 amide bonds. The Kier molecular flexibility index (Phi) is 4.26. The number of nitrogens with zero attached hydrogens (tertiary/aromatic N) is 1. The van der Waals surface area contributed by atoms with Crippen LogP contribution < -0.4 is 15.5 Å². The Bertz CT molecular complexity index is 613. The van der Waals surface area contributed by atoms with E-state index >= 15 is 0 Å². The number of carbonyl (C=O) groups is 2. The first-order chi connectivity index (χ1) is 11.0. The first-order valence-corrected chi connectivity index (χ1v) is 8.19. The number of urea groups is 1. The number of anilines is 2. The van der Waals surface area contributed by atoms with Gasteiger partial charge in [-0.05, 0) is 30.9 Å². The SMILES string of the molecule is CCC(C)C1C(=O)Nc2ccccc2N1C(=O)NC1CC(O)C1. The van der Waals surface area contributed by atoms with Crippen LogP contribution in [-0.4, -0.2) is 35.2 Å². The maximum atomic E-state index is 12.8. The summed E-state index contributed by atoms with van der Waals surface area (Å²) in [4.78, 5) is 26.9. The molecule has 0 spiro atoms. The monoisotopic (exact) mass is 317 g/mol. The highest BCUT2D eigenvalue weighted by atomic mass is 16.3. The Morgan fingerprint density at radius 1 is 1.43 bits per heavy atom. The summed E-state index contributed by atoms with van der Waals surface area (Å²) < 4.78 is 0. The number of amides is 3. The second-order valence-electron chi connectivity index (χ2n) is 6.48. The second kappa shape index (κ2) is 6.20. The van der Waals surface area contributed by atoms with Gasteiger partial charge in [0.2, 0.25) is 5.91 Å². The first-order valence-electron chi connectivity index (χ1n) is 8.19. The van der Waals surface area contributed by atoms with Crippen LogP contribution in [0.5, 0.6) is 0 Å². The van der Waals surface area contributed by atoms with E-state index in [0.29, 0.717) is 18.5 Å². The number of fused-ring (bicyclic) bond motifs is 1. The fraction of sp³-hybridized carbons (Fsp3) is 0.529. The first kappa shape index (κ1) is 15.8. The van der Waals surface area contributed by atoms with Crippen molar-refractivity contribution in [1.82, 2.24) is 5.32 Å². The number of hydrogen-bond acceptors (Lipinski definition) is 3. The van der Waals surface area contributed by atoms with Crippen molar-refractivity contribution in [3.05, 3.63) is 24.3 Å². The normalized spacial score (nSPS) is 27.5. The van der Waals surface area contributed by atoms with Crippen LogP contribution in [0, 0.1) is 5.92 Å². The molecule has 6 nitrogen and oxygen atoms in total. The molecule has 23 heavy (non-hydrogen) atoms. The lowest BCUT2D eigenvalue weighted by atomic mass is 9.89. The second-order valence-corrected chi connectivity index (χ2v) is 6.48. The van der Waals surface area contributed by atoms with E-state index in [9.17, 15) is 14.7 Å². The van der Waals surface area contributed by atoms with Gasteiger partial charge in [-0.2, -0.15) is 0 Å². The maximum absolute atomic E-state index is 12.8. The molecule has 124 valence electrons. The van der Waals surface area contributed by atoms with E-state index < -0.39 is 6.04 Å². The average Bonchev–Trinajstić information content (AvgIpc) is 2.51. The zero-order valence-corrected chi connectivity index (χ0v) is 13.5. The number of aliphatic hydroxyl groups excluding tert-OH is 1. The number of benzene rings is 1. The van der Waals surface area contributed by atoms with Crippen LogP contribution in [0.1, 0.15) is 33.1 Å². The van der Waals surface area contributed by atoms with Crippen molar-refractivity contribution in [3.63, 3.8) is 0 Å². The van der Waals surface area contributed by atoms with Gasteiger partial charge in [0.25, 0.3) is 0 Å². The smallest absolute Gasteiger partial charge is 0.322 e. The largest absolute Gasteiger partial charge is 0.393 e. The third-order valence-electron chi connectivity index (χ3n) is 4.81. The summed E-state index contributed by atoms with van der Waals surface area (Å²) in [5.41, 5.74) is 1.37. The van der Waals surface area contributed by atoms with Gasteiger partial charge in [0.1, 0.15) is 6.04 Å². The van der Waals surface area contributed by atoms with Gasteiger partial charge in [0.15, 0.2) is 0 Å². The van der Waals surface area contributed by atoms with Gasteiger partial charge in [-0.3, -0.25) is 9.69 Å². The lowest BCUT2D eigenvalue weighted by molar-refractivity contribution is -0.118. The van der Waals surface area contributed by atoms with Crippen LogP contribution >= 0.6 is 0 Å². The Balaban J connectivity index is 1.90. The highest BCUT2D eigenvalue weighted by molar-refractivity contribution is 6.11. The Hall–Kier alpha value is -2.08. The number of rotatable bonds is 3. The fourth-order valence-corrected chi connectivity index (χ4v) is 3.18. The molecule has 0 bridgehead atoms. The van der Waals surface area contributed by atoms with Crippen LogP contribution in [0.25, 0.3) is 0 Å². The highest BCUT2D eigenvalue weighted by Gasteiger charge is 2.41. The number of carbonyl (C=O) groups excluding carboxylic acids is 2. The molecule has 1 aliphatic heterocycles. The summed E-state index contributed by atoms with van der Waals surface area (Å²) in [7, 11) is 0. The summed E-state index contributed by atoms with van der Waals surface area (Å²) >= 11 is 0. The van der Waals surface area contributed by atoms with Crippen molar-refractivity contribution in [2.24, 2.45) is 5.92 Å². The van der Waals surface area contributed by atoms with Gasteiger partial charge >= 0.3 is 6.03 Å². The van der Waals surface area contributed by atoms with E-state index in [2.05, 4.69) is 10.6 Å². The molecule has 3 rings (SSSR count). The third-order valence-corrected chi connectivity index (χ3v) is 4.81. The van der Waals surface area contributed by atoms with E-state index in [1.807, 2.05) is 32.0 Å². The van der Waals surface area contributed by atoms with Crippen LogP contribution in [0.3, 0.4) is 0 Å². The van der Waals surface area contributed by atoms with Crippen molar-refractivity contribution in [2.75, 3.05) is 10.2 Å². The molecule has 1 aromatic carbocycles. The third kappa shape index (κ3) is 2.91. The molecule has 1 heterocycles. The van der Waals surface area contributed by atoms with E-state index in [-0.39, 0.29) is 30.0 Å². The number of aliphatic hydroxyl groups is 1. The molecule has 0 aromatic heterocycles. The molecular weight excluding hydrogens is 294 g/mol. The molecule has 1 aliphatic carbocycles. The van der Waals surface area contributed by atoms with Gasteiger partial charge in [-0.15, -0.1) is 0 Å². The van der Waals surface area contributed by atoms with Crippen molar-refractivity contribution in [1.29, 1.82) is 0 Å². The molecule has 1 fully saturated rings. The van der Waals surface area contributed by atoms with E-state index in [1.54, 1.807) is 11.0 Å². The van der Waals surface area contributed by atoms with Gasteiger partial charge in [0.05, 0.1) is 17.5 Å². The molecule has 0 radical (unpaired) electrons. The minimum absolute atomic E-state index is 0.0211. The van der Waals surface area contributed by atoms with Gasteiger partial charge in [-0.25, -0.2) is 4.79 Å². The average molecular weight is 317 g/mol. The molecular formula is C17H23N3O3. The van der Waals surface area contributed by atoms with Crippen LogP contribution in [-0.2, 0) is 4.79 Å².